The van der Waals surface area contributed by atoms with E-state index >= 15 is 4.39 Å². The Morgan fingerprint density at radius 1 is 0.704 bits per heavy atom. The molecule has 2 rings (SSSR count). The third-order valence-corrected chi connectivity index (χ3v) is 4.18. The lowest BCUT2D eigenvalue weighted by molar-refractivity contribution is -0.255. The summed E-state index contributed by atoms with van der Waals surface area (Å²) in [7, 11) is 4.41. The van der Waals surface area contributed by atoms with Crippen molar-refractivity contribution in [1.29, 1.82) is 0 Å². The van der Waals surface area contributed by atoms with Gasteiger partial charge in [0, 0.05) is 0 Å². The van der Waals surface area contributed by atoms with Gasteiger partial charge in [-0.1, -0.05) is 60.7 Å². The first-order valence-corrected chi connectivity index (χ1v) is 8.09. The molecule has 2 nitrogen and oxygen atoms in total. The zero-order valence-corrected chi connectivity index (χ0v) is 15.4. The number of benzene rings is 2. The summed E-state index contributed by atoms with van der Waals surface area (Å²) in [5.74, 6) is -15.7. The first-order chi connectivity index (χ1) is 12.6. The summed E-state index contributed by atoms with van der Waals surface area (Å²) in [4.78, 5) is 0. The molecule has 0 fully saturated rings. The number of halogens is 6. The van der Waals surface area contributed by atoms with E-state index in [1.54, 1.807) is 0 Å². The summed E-state index contributed by atoms with van der Waals surface area (Å²) in [6.45, 7) is 0. The molecule has 0 saturated carbocycles. The molecule has 0 bridgehead atoms. The lowest BCUT2D eigenvalue weighted by atomic mass is 9.79. The van der Waals surface area contributed by atoms with E-state index < -0.39 is 40.4 Å². The van der Waals surface area contributed by atoms with Gasteiger partial charge in [0.1, 0.15) is 0 Å². The Labute approximate surface area is 157 Å². The molecule has 140 valence electrons. The van der Waals surface area contributed by atoms with Crippen LogP contribution >= 0.6 is 0 Å². The minimum absolute atomic E-state index is 0.784. The van der Waals surface area contributed by atoms with E-state index in [4.69, 9.17) is 0 Å². The number of hydrogen-bond donors (Lipinski definition) is 0. The van der Waals surface area contributed by atoms with E-state index in [-0.39, 0.29) is 0 Å². The van der Waals surface area contributed by atoms with Gasteiger partial charge in [-0.2, -0.15) is 22.0 Å². The minimum atomic E-state index is -5.64. The van der Waals surface area contributed by atoms with Crippen molar-refractivity contribution in [3.63, 3.8) is 0 Å². The van der Waals surface area contributed by atoms with Gasteiger partial charge in [-0.3, -0.25) is 0 Å². The first kappa shape index (κ1) is 21.1. The highest BCUT2D eigenvalue weighted by Gasteiger charge is 2.74. The molecule has 0 heterocycles. The van der Waals surface area contributed by atoms with Crippen LogP contribution in [0, 0.1) is 0 Å². The van der Waals surface area contributed by atoms with Gasteiger partial charge in [-0.15, -0.1) is 0 Å². The average Bonchev–Trinajstić information content (AvgIpc) is 2.69. The molecule has 2 aromatic rings. The highest BCUT2D eigenvalue weighted by atomic mass is 28.2. The highest BCUT2D eigenvalue weighted by molar-refractivity contribution is 6.01. The zero-order valence-electron chi connectivity index (χ0n) is 13.4. The maximum Gasteiger partial charge on any atom is 0.371 e. The second-order valence-corrected chi connectivity index (χ2v) is 5.75. The SMILES string of the molecule is FC(=C(O[Si])O[Si])C(F)(F)C(F)(F)C(F)(c1ccccc1)c1ccccc1. The van der Waals surface area contributed by atoms with Gasteiger partial charge in [0.15, 0.2) is 0 Å². The van der Waals surface area contributed by atoms with E-state index in [0.717, 1.165) is 24.3 Å². The van der Waals surface area contributed by atoms with Crippen LogP contribution in [0.5, 0.6) is 0 Å². The van der Waals surface area contributed by atoms with Gasteiger partial charge in [0.25, 0.3) is 11.8 Å². The minimum Gasteiger partial charge on any atom is -0.515 e. The van der Waals surface area contributed by atoms with Crippen molar-refractivity contribution in [3.8, 4) is 0 Å². The van der Waals surface area contributed by atoms with Crippen molar-refractivity contribution in [2.24, 2.45) is 0 Å². The molecule has 0 N–H and O–H groups in total. The van der Waals surface area contributed by atoms with Gasteiger partial charge in [-0.05, 0) is 11.1 Å². The third kappa shape index (κ3) is 3.38. The Balaban J connectivity index is 2.77. The summed E-state index contributed by atoms with van der Waals surface area (Å²) in [5.41, 5.74) is -5.64. The van der Waals surface area contributed by atoms with Crippen molar-refractivity contribution >= 4 is 21.0 Å². The van der Waals surface area contributed by atoms with Crippen LogP contribution in [0.1, 0.15) is 11.1 Å². The average molecular weight is 416 g/mol. The molecular formula is C17H10F6O2Si2. The van der Waals surface area contributed by atoms with Gasteiger partial charge in [0.05, 0.1) is 0 Å². The summed E-state index contributed by atoms with van der Waals surface area (Å²) in [6, 6.07) is 11.2. The van der Waals surface area contributed by atoms with Crippen LogP contribution in [0.15, 0.2) is 72.4 Å². The molecule has 0 amide bonds. The number of alkyl halides is 5. The molecule has 0 unspecified atom stereocenters. The zero-order chi connectivity index (χ0) is 20.3. The van der Waals surface area contributed by atoms with Crippen LogP contribution in [-0.4, -0.2) is 32.8 Å². The first-order valence-electron chi connectivity index (χ1n) is 7.27. The van der Waals surface area contributed by atoms with Crippen LogP contribution in [0.2, 0.25) is 0 Å². The lowest BCUT2D eigenvalue weighted by Gasteiger charge is -2.38. The van der Waals surface area contributed by atoms with E-state index in [0.29, 0.717) is 0 Å². The maximum atomic E-state index is 15.8. The lowest BCUT2D eigenvalue weighted by Crippen LogP contribution is -2.55. The summed E-state index contributed by atoms with van der Waals surface area (Å²) in [5, 5.41) is 0. The number of hydrogen-bond acceptors (Lipinski definition) is 2. The predicted octanol–water partition coefficient (Wildman–Crippen LogP) is 4.51. The maximum absolute atomic E-state index is 15.8. The predicted molar refractivity (Wildman–Crippen MR) is 86.5 cm³/mol. The Morgan fingerprint density at radius 3 is 1.41 bits per heavy atom. The largest absolute Gasteiger partial charge is 0.515 e. The van der Waals surface area contributed by atoms with Crippen molar-refractivity contribution in [2.45, 2.75) is 17.5 Å². The van der Waals surface area contributed by atoms with Crippen LogP contribution < -0.4 is 0 Å². The Hall–Kier alpha value is -2.21. The van der Waals surface area contributed by atoms with Crippen LogP contribution in [0.3, 0.4) is 0 Å². The molecule has 0 aliphatic carbocycles. The molecule has 0 spiro atoms. The summed E-state index contributed by atoms with van der Waals surface area (Å²) >= 11 is 0. The van der Waals surface area contributed by atoms with E-state index in [1.165, 1.54) is 36.4 Å². The van der Waals surface area contributed by atoms with Crippen LogP contribution in [0.4, 0.5) is 26.3 Å². The quantitative estimate of drug-likeness (QED) is 0.376. The second-order valence-electron chi connectivity index (χ2n) is 5.34. The molecule has 0 atom stereocenters. The van der Waals surface area contributed by atoms with E-state index in [1.807, 2.05) is 0 Å². The Bertz CT molecular complexity index is 754. The molecule has 10 heteroatoms. The summed E-state index contributed by atoms with van der Waals surface area (Å²) < 4.78 is 96.7. The topological polar surface area (TPSA) is 18.5 Å². The highest BCUT2D eigenvalue weighted by Crippen LogP contribution is 2.56. The van der Waals surface area contributed by atoms with Crippen molar-refractivity contribution in [1.82, 2.24) is 0 Å². The van der Waals surface area contributed by atoms with Gasteiger partial charge in [-0.25, -0.2) is 4.39 Å². The normalized spacial score (nSPS) is 12.4. The second kappa shape index (κ2) is 7.81. The fraction of sp³-hybridized carbons (Fsp3) is 0.176. The van der Waals surface area contributed by atoms with E-state index in [9.17, 15) is 22.0 Å². The fourth-order valence-corrected chi connectivity index (χ4v) is 2.80. The van der Waals surface area contributed by atoms with Crippen molar-refractivity contribution in [2.75, 3.05) is 0 Å². The summed E-state index contributed by atoms with van der Waals surface area (Å²) in [6.07, 6.45) is 0. The molecule has 2 aromatic carbocycles. The van der Waals surface area contributed by atoms with Gasteiger partial charge in [0.2, 0.25) is 5.67 Å². The Kier molecular flexibility index (Phi) is 6.10. The molecule has 0 aliphatic rings. The Morgan fingerprint density at radius 2 is 1.07 bits per heavy atom. The third-order valence-electron chi connectivity index (χ3n) is 3.81. The fourth-order valence-electron chi connectivity index (χ4n) is 2.46. The van der Waals surface area contributed by atoms with Crippen molar-refractivity contribution in [3.05, 3.63) is 83.6 Å². The number of rotatable bonds is 7. The molecule has 0 saturated heterocycles. The monoisotopic (exact) mass is 416 g/mol. The van der Waals surface area contributed by atoms with Crippen LogP contribution in [-0.2, 0) is 14.5 Å². The van der Waals surface area contributed by atoms with Gasteiger partial charge < -0.3 is 8.85 Å². The molecule has 27 heavy (non-hydrogen) atoms. The molecular weight excluding hydrogens is 406 g/mol. The van der Waals surface area contributed by atoms with Crippen molar-refractivity contribution < 1.29 is 35.2 Å². The molecule has 0 aliphatic heterocycles. The standard InChI is InChI=1S/C17H10F6O2Si2/c18-13(14(24-26)25-27)16(20,21)17(22,23)15(19,11-7-3-1-4-8-11)12-9-5-2-6-10-12/h1-10H. The smallest absolute Gasteiger partial charge is 0.371 e. The molecule has 0 aromatic heterocycles. The number of allylic oxidation sites excluding steroid dienone is 1. The van der Waals surface area contributed by atoms with Gasteiger partial charge >= 0.3 is 32.8 Å². The van der Waals surface area contributed by atoms with E-state index in [2.05, 4.69) is 29.8 Å². The van der Waals surface area contributed by atoms with Crippen LogP contribution in [0.25, 0.3) is 0 Å². The molecule has 6 radical (unpaired) electrons.